The van der Waals surface area contributed by atoms with Gasteiger partial charge in [0.2, 0.25) is 5.89 Å². The predicted molar refractivity (Wildman–Crippen MR) is 76.0 cm³/mol. The summed E-state index contributed by atoms with van der Waals surface area (Å²) < 4.78 is 47.2. The zero-order valence-electron chi connectivity index (χ0n) is 13.8. The minimum atomic E-state index is -4.58. The van der Waals surface area contributed by atoms with E-state index in [4.69, 9.17) is 4.74 Å². The van der Waals surface area contributed by atoms with Crippen molar-refractivity contribution in [2.24, 2.45) is 11.3 Å². The van der Waals surface area contributed by atoms with Crippen molar-refractivity contribution in [1.82, 2.24) is 15.0 Å². The number of hydrogen-bond acceptors (Lipinski definition) is 5. The summed E-state index contributed by atoms with van der Waals surface area (Å²) in [4.78, 5) is 17.0. The van der Waals surface area contributed by atoms with Crippen molar-refractivity contribution < 1.29 is 27.2 Å². The molecule has 2 heterocycles. The molecule has 6 nitrogen and oxygen atoms in total. The Morgan fingerprint density at radius 3 is 2.46 bits per heavy atom. The van der Waals surface area contributed by atoms with E-state index in [1.165, 1.54) is 0 Å². The number of nitrogens with zero attached hydrogens (tertiary/aromatic N) is 3. The molecule has 1 amide bonds. The molecule has 0 atom stereocenters. The van der Waals surface area contributed by atoms with Gasteiger partial charge in [0, 0.05) is 24.9 Å². The molecule has 0 radical (unpaired) electrons. The summed E-state index contributed by atoms with van der Waals surface area (Å²) >= 11 is 0. The molecule has 9 heteroatoms. The Bertz CT molecular complexity index is 622. The van der Waals surface area contributed by atoms with Crippen LogP contribution in [0.2, 0.25) is 0 Å². The van der Waals surface area contributed by atoms with Gasteiger partial charge in [-0.1, -0.05) is 5.16 Å². The van der Waals surface area contributed by atoms with Gasteiger partial charge >= 0.3 is 12.3 Å². The lowest BCUT2D eigenvalue weighted by atomic mass is 9.57. The highest BCUT2D eigenvalue weighted by atomic mass is 19.4. The van der Waals surface area contributed by atoms with Gasteiger partial charge in [-0.25, -0.2) is 4.79 Å². The van der Waals surface area contributed by atoms with E-state index in [1.54, 1.807) is 4.90 Å². The Morgan fingerprint density at radius 1 is 1.33 bits per heavy atom. The number of likely N-dealkylation sites (tertiary alicyclic amines) is 1. The van der Waals surface area contributed by atoms with Gasteiger partial charge in [0.1, 0.15) is 5.60 Å². The van der Waals surface area contributed by atoms with Crippen LogP contribution in [0, 0.1) is 11.3 Å². The average Bonchev–Trinajstić information content (AvgIpc) is 2.75. The normalized spacial score (nSPS) is 20.7. The van der Waals surface area contributed by atoms with Crippen molar-refractivity contribution in [2.75, 3.05) is 13.1 Å². The fraction of sp³-hybridized carbons (Fsp3) is 0.800. The second-order valence-corrected chi connectivity index (χ2v) is 7.82. The molecule has 2 aliphatic rings. The number of hydrogen-bond donors (Lipinski definition) is 0. The van der Waals surface area contributed by atoms with E-state index < -0.39 is 17.6 Å². The third-order valence-electron chi connectivity index (χ3n) is 4.33. The fourth-order valence-corrected chi connectivity index (χ4v) is 3.49. The van der Waals surface area contributed by atoms with Gasteiger partial charge in [-0.2, -0.15) is 18.2 Å². The van der Waals surface area contributed by atoms with E-state index in [0.29, 0.717) is 19.5 Å². The number of alkyl halides is 3. The second kappa shape index (κ2) is 5.35. The SMILES string of the molecule is CC(C)(C)OC(=O)N1CC2(CC(Cc3nc(C(F)(F)F)no3)C2)C1. The minimum absolute atomic E-state index is 0.0190. The van der Waals surface area contributed by atoms with E-state index in [-0.39, 0.29) is 23.3 Å². The third kappa shape index (κ3) is 3.49. The van der Waals surface area contributed by atoms with Gasteiger partial charge in [-0.3, -0.25) is 0 Å². The summed E-state index contributed by atoms with van der Waals surface area (Å²) in [6, 6.07) is 0. The van der Waals surface area contributed by atoms with Crippen LogP contribution in [0.1, 0.15) is 45.3 Å². The largest absolute Gasteiger partial charge is 0.455 e. The van der Waals surface area contributed by atoms with Crippen molar-refractivity contribution in [3.8, 4) is 0 Å². The predicted octanol–water partition coefficient (Wildman–Crippen LogP) is 3.28. The number of halogens is 3. The minimum Gasteiger partial charge on any atom is -0.444 e. The highest BCUT2D eigenvalue weighted by molar-refractivity contribution is 5.69. The van der Waals surface area contributed by atoms with E-state index in [2.05, 4.69) is 14.7 Å². The number of carbonyl (C=O) groups excluding carboxylic acids is 1. The van der Waals surface area contributed by atoms with Crippen LogP contribution >= 0.6 is 0 Å². The van der Waals surface area contributed by atoms with Crippen LogP contribution in [0.3, 0.4) is 0 Å². The summed E-state index contributed by atoms with van der Waals surface area (Å²) in [6.45, 7) is 6.73. The van der Waals surface area contributed by atoms with Gasteiger partial charge in [-0.15, -0.1) is 0 Å². The molecule has 3 rings (SSSR count). The molecular weight excluding hydrogens is 327 g/mol. The van der Waals surface area contributed by atoms with Gasteiger partial charge in [-0.05, 0) is 39.5 Å². The zero-order chi connectivity index (χ0) is 17.8. The lowest BCUT2D eigenvalue weighted by Gasteiger charge is -2.58. The van der Waals surface area contributed by atoms with E-state index in [1.807, 2.05) is 20.8 Å². The van der Waals surface area contributed by atoms with Crippen LogP contribution in [0.4, 0.5) is 18.0 Å². The molecular formula is C15H20F3N3O3. The molecule has 0 N–H and O–H groups in total. The van der Waals surface area contributed by atoms with Crippen LogP contribution in [-0.2, 0) is 17.3 Å². The van der Waals surface area contributed by atoms with E-state index >= 15 is 0 Å². The summed E-state index contributed by atoms with van der Waals surface area (Å²) in [7, 11) is 0. The Hall–Kier alpha value is -1.80. The smallest absolute Gasteiger partial charge is 0.444 e. The van der Waals surface area contributed by atoms with Gasteiger partial charge in [0.15, 0.2) is 0 Å². The van der Waals surface area contributed by atoms with Crippen LogP contribution in [0.25, 0.3) is 0 Å². The molecule has 0 aromatic carbocycles. The summed E-state index contributed by atoms with van der Waals surface area (Å²) in [6.07, 6.45) is -2.86. The first-order chi connectivity index (χ1) is 11.0. The molecule has 1 aromatic heterocycles. The fourth-order valence-electron chi connectivity index (χ4n) is 3.49. The molecule has 1 aliphatic heterocycles. The van der Waals surface area contributed by atoms with Crippen molar-refractivity contribution in [2.45, 2.75) is 51.8 Å². The van der Waals surface area contributed by atoms with Crippen molar-refractivity contribution >= 4 is 6.09 Å². The number of carbonyl (C=O) groups is 1. The third-order valence-corrected chi connectivity index (χ3v) is 4.33. The molecule has 1 spiro atoms. The Balaban J connectivity index is 1.44. The Morgan fingerprint density at radius 2 is 1.96 bits per heavy atom. The quantitative estimate of drug-likeness (QED) is 0.821. The molecule has 1 aromatic rings. The van der Waals surface area contributed by atoms with Crippen molar-refractivity contribution in [1.29, 1.82) is 0 Å². The number of ether oxygens (including phenoxy) is 1. The first-order valence-electron chi connectivity index (χ1n) is 7.84. The molecule has 0 unspecified atom stereocenters. The van der Waals surface area contributed by atoms with E-state index in [9.17, 15) is 18.0 Å². The molecule has 1 aliphatic carbocycles. The highest BCUT2D eigenvalue weighted by Crippen LogP contribution is 2.53. The van der Waals surface area contributed by atoms with Crippen molar-refractivity contribution in [3.63, 3.8) is 0 Å². The first-order valence-corrected chi connectivity index (χ1v) is 7.84. The van der Waals surface area contributed by atoms with Crippen LogP contribution in [0.5, 0.6) is 0 Å². The maximum absolute atomic E-state index is 12.4. The van der Waals surface area contributed by atoms with Crippen LogP contribution < -0.4 is 0 Å². The van der Waals surface area contributed by atoms with Gasteiger partial charge in [0.05, 0.1) is 0 Å². The van der Waals surface area contributed by atoms with Gasteiger partial charge < -0.3 is 14.2 Å². The lowest BCUT2D eigenvalue weighted by Crippen LogP contribution is -2.64. The first kappa shape index (κ1) is 17.0. The molecule has 2 fully saturated rings. The summed E-state index contributed by atoms with van der Waals surface area (Å²) in [5, 5.41) is 2.96. The Labute approximate surface area is 137 Å². The molecule has 1 saturated carbocycles. The average molecular weight is 347 g/mol. The van der Waals surface area contributed by atoms with Crippen LogP contribution in [0.15, 0.2) is 4.52 Å². The number of amides is 1. The number of aromatic nitrogens is 2. The maximum Gasteiger partial charge on any atom is 0.455 e. The highest BCUT2D eigenvalue weighted by Gasteiger charge is 2.54. The standard InChI is InChI=1S/C15H20F3N3O3/c1-13(2,3)23-12(22)21-7-14(8-21)5-9(6-14)4-10-19-11(20-24-10)15(16,17)18/h9H,4-8H2,1-3H3. The van der Waals surface area contributed by atoms with E-state index in [0.717, 1.165) is 12.8 Å². The molecule has 24 heavy (non-hydrogen) atoms. The summed E-state index contributed by atoms with van der Waals surface area (Å²) in [5.41, 5.74) is -0.440. The monoisotopic (exact) mass is 347 g/mol. The number of rotatable bonds is 2. The van der Waals surface area contributed by atoms with Crippen molar-refractivity contribution in [3.05, 3.63) is 11.7 Å². The molecule has 1 saturated heterocycles. The topological polar surface area (TPSA) is 68.5 Å². The second-order valence-electron chi connectivity index (χ2n) is 7.82. The lowest BCUT2D eigenvalue weighted by molar-refractivity contribution is -0.146. The zero-order valence-corrected chi connectivity index (χ0v) is 13.8. The van der Waals surface area contributed by atoms with Crippen LogP contribution in [-0.4, -0.2) is 39.8 Å². The van der Waals surface area contributed by atoms with Gasteiger partial charge in [0.25, 0.3) is 5.82 Å². The molecule has 134 valence electrons. The Kier molecular flexibility index (Phi) is 3.80. The molecule has 0 bridgehead atoms. The summed E-state index contributed by atoms with van der Waals surface area (Å²) in [5.74, 6) is -0.996. The maximum atomic E-state index is 12.4.